The van der Waals surface area contributed by atoms with Crippen LogP contribution in [0, 0.1) is 5.82 Å². The molecule has 0 radical (unpaired) electrons. The van der Waals surface area contributed by atoms with Gasteiger partial charge in [0.05, 0.1) is 11.5 Å². The minimum Gasteiger partial charge on any atom is -0.327 e. The summed E-state index contributed by atoms with van der Waals surface area (Å²) in [6.07, 6.45) is 0.585. The third kappa shape index (κ3) is 4.73. The maximum atomic E-state index is 13.5. The van der Waals surface area contributed by atoms with Gasteiger partial charge >= 0.3 is 0 Å². The maximum Gasteiger partial charge on any atom is 0.156 e. The number of rotatable bonds is 5. The van der Waals surface area contributed by atoms with Crippen molar-refractivity contribution in [3.05, 3.63) is 34.1 Å². The van der Waals surface area contributed by atoms with Crippen LogP contribution in [0.4, 0.5) is 4.39 Å². The lowest BCUT2D eigenvalue weighted by Gasteiger charge is -2.10. The first-order valence-electron chi connectivity index (χ1n) is 5.24. The lowest BCUT2D eigenvalue weighted by Crippen LogP contribution is -2.29. The average molecular weight is 324 g/mol. The van der Waals surface area contributed by atoms with E-state index in [0.29, 0.717) is 10.9 Å². The Morgan fingerprint density at radius 2 is 2.12 bits per heavy atom. The lowest BCUT2D eigenvalue weighted by molar-refractivity contribution is 0.577. The van der Waals surface area contributed by atoms with E-state index in [1.807, 2.05) is 6.92 Å². The molecule has 0 fully saturated rings. The van der Waals surface area contributed by atoms with Crippen molar-refractivity contribution in [1.82, 2.24) is 0 Å². The van der Waals surface area contributed by atoms with Gasteiger partial charge in [0.2, 0.25) is 0 Å². The van der Waals surface area contributed by atoms with Crippen molar-refractivity contribution in [3.63, 3.8) is 0 Å². The largest absolute Gasteiger partial charge is 0.327 e. The fraction of sp³-hybridized carbons (Fsp3) is 0.455. The van der Waals surface area contributed by atoms with Crippen molar-refractivity contribution < 1.29 is 12.8 Å². The third-order valence-electron chi connectivity index (χ3n) is 2.38. The van der Waals surface area contributed by atoms with Crippen molar-refractivity contribution in [3.8, 4) is 0 Å². The van der Waals surface area contributed by atoms with Crippen LogP contribution < -0.4 is 5.73 Å². The Labute approximate surface area is 109 Å². The van der Waals surface area contributed by atoms with Crippen LogP contribution in [0.3, 0.4) is 0 Å². The van der Waals surface area contributed by atoms with Gasteiger partial charge in [-0.05, 0) is 18.6 Å². The molecule has 17 heavy (non-hydrogen) atoms. The second-order valence-corrected chi connectivity index (χ2v) is 6.98. The lowest BCUT2D eigenvalue weighted by atomic mass is 10.2. The van der Waals surface area contributed by atoms with Gasteiger partial charge in [0, 0.05) is 16.1 Å². The molecule has 0 aromatic heterocycles. The Kier molecular flexibility index (Phi) is 5.09. The number of hydrogen-bond donors (Lipinski definition) is 1. The minimum atomic E-state index is -3.36. The van der Waals surface area contributed by atoms with E-state index in [4.69, 9.17) is 5.73 Å². The van der Waals surface area contributed by atoms with Crippen LogP contribution in [0.15, 0.2) is 22.7 Å². The smallest absolute Gasteiger partial charge is 0.156 e. The zero-order valence-corrected chi connectivity index (χ0v) is 11.9. The predicted molar refractivity (Wildman–Crippen MR) is 69.9 cm³/mol. The summed E-state index contributed by atoms with van der Waals surface area (Å²) >= 11 is 3.12. The van der Waals surface area contributed by atoms with Crippen molar-refractivity contribution in [2.24, 2.45) is 5.73 Å². The van der Waals surface area contributed by atoms with Gasteiger partial charge in [0.1, 0.15) is 5.82 Å². The standard InChI is InChI=1S/C11H15BrFNO2S/c1-2-10(14)7-17(15,16)6-8-3-4-9(12)5-11(8)13/h3-5,10H,2,6-7,14H2,1H3. The van der Waals surface area contributed by atoms with E-state index in [1.165, 1.54) is 12.1 Å². The van der Waals surface area contributed by atoms with Crippen LogP contribution in [0.5, 0.6) is 0 Å². The summed E-state index contributed by atoms with van der Waals surface area (Å²) in [5.74, 6) is -0.938. The molecule has 0 amide bonds. The molecule has 1 aromatic carbocycles. The average Bonchev–Trinajstić information content (AvgIpc) is 2.21. The van der Waals surface area contributed by atoms with Gasteiger partial charge in [-0.25, -0.2) is 12.8 Å². The van der Waals surface area contributed by atoms with E-state index in [0.717, 1.165) is 0 Å². The molecule has 3 nitrogen and oxygen atoms in total. The molecular formula is C11H15BrFNO2S. The molecule has 0 saturated heterocycles. The second-order valence-electron chi connectivity index (χ2n) is 3.96. The summed E-state index contributed by atoms with van der Waals surface area (Å²) in [7, 11) is -3.36. The monoisotopic (exact) mass is 323 g/mol. The molecule has 1 unspecified atom stereocenters. The first-order valence-corrected chi connectivity index (χ1v) is 7.85. The Balaban J connectivity index is 2.83. The Morgan fingerprint density at radius 1 is 1.47 bits per heavy atom. The number of halogens is 2. The van der Waals surface area contributed by atoms with Crippen LogP contribution in [0.1, 0.15) is 18.9 Å². The zero-order valence-electron chi connectivity index (χ0n) is 9.49. The molecule has 1 atom stereocenters. The number of nitrogens with two attached hydrogens (primary N) is 1. The van der Waals surface area contributed by atoms with E-state index in [-0.39, 0.29) is 17.1 Å². The first-order chi connectivity index (χ1) is 7.84. The molecule has 0 aliphatic carbocycles. The summed E-state index contributed by atoms with van der Waals surface area (Å²) in [6.45, 7) is 1.82. The van der Waals surface area contributed by atoms with Crippen molar-refractivity contribution in [2.75, 3.05) is 5.75 Å². The maximum absolute atomic E-state index is 13.5. The van der Waals surface area contributed by atoms with Crippen LogP contribution in [-0.2, 0) is 15.6 Å². The molecular weight excluding hydrogens is 309 g/mol. The van der Waals surface area contributed by atoms with Gasteiger partial charge in [-0.15, -0.1) is 0 Å². The summed E-state index contributed by atoms with van der Waals surface area (Å²) in [6, 6.07) is 3.95. The van der Waals surface area contributed by atoms with Gasteiger partial charge in [0.15, 0.2) is 9.84 Å². The number of hydrogen-bond acceptors (Lipinski definition) is 3. The number of benzene rings is 1. The van der Waals surface area contributed by atoms with Crippen molar-refractivity contribution in [2.45, 2.75) is 25.1 Å². The first kappa shape index (κ1) is 14.6. The molecule has 0 aliphatic heterocycles. The fourth-order valence-corrected chi connectivity index (χ4v) is 3.43. The Bertz CT molecular complexity index is 490. The van der Waals surface area contributed by atoms with Gasteiger partial charge in [-0.1, -0.05) is 28.9 Å². The highest BCUT2D eigenvalue weighted by molar-refractivity contribution is 9.10. The molecule has 1 rings (SSSR count). The van der Waals surface area contributed by atoms with Crippen LogP contribution in [0.2, 0.25) is 0 Å². The van der Waals surface area contributed by atoms with E-state index in [9.17, 15) is 12.8 Å². The molecule has 0 aliphatic rings. The van der Waals surface area contributed by atoms with E-state index >= 15 is 0 Å². The molecule has 0 spiro atoms. The molecule has 1 aromatic rings. The molecule has 0 saturated carbocycles. The Morgan fingerprint density at radius 3 is 2.65 bits per heavy atom. The molecule has 96 valence electrons. The summed E-state index contributed by atoms with van der Waals surface area (Å²) in [4.78, 5) is 0. The van der Waals surface area contributed by atoms with Gasteiger partial charge in [0.25, 0.3) is 0 Å². The third-order valence-corrected chi connectivity index (χ3v) is 4.56. The SMILES string of the molecule is CCC(N)CS(=O)(=O)Cc1ccc(Br)cc1F. The normalized spacial score (nSPS) is 13.6. The zero-order chi connectivity index (χ0) is 13.1. The van der Waals surface area contributed by atoms with Crippen LogP contribution in [0.25, 0.3) is 0 Å². The van der Waals surface area contributed by atoms with Crippen LogP contribution in [-0.4, -0.2) is 20.2 Å². The quantitative estimate of drug-likeness (QED) is 0.904. The minimum absolute atomic E-state index is 0.112. The topological polar surface area (TPSA) is 60.2 Å². The number of sulfone groups is 1. The molecule has 2 N–H and O–H groups in total. The highest BCUT2D eigenvalue weighted by Gasteiger charge is 2.18. The van der Waals surface area contributed by atoms with E-state index in [2.05, 4.69) is 15.9 Å². The van der Waals surface area contributed by atoms with E-state index in [1.54, 1.807) is 6.07 Å². The van der Waals surface area contributed by atoms with Crippen LogP contribution >= 0.6 is 15.9 Å². The van der Waals surface area contributed by atoms with Gasteiger partial charge < -0.3 is 5.73 Å². The van der Waals surface area contributed by atoms with E-state index < -0.39 is 21.7 Å². The van der Waals surface area contributed by atoms with Gasteiger partial charge in [-0.2, -0.15) is 0 Å². The second kappa shape index (κ2) is 5.93. The summed E-state index contributed by atoms with van der Waals surface area (Å²) in [5.41, 5.74) is 5.77. The summed E-state index contributed by atoms with van der Waals surface area (Å²) in [5, 5.41) is 0. The van der Waals surface area contributed by atoms with Crippen molar-refractivity contribution in [1.29, 1.82) is 0 Å². The van der Waals surface area contributed by atoms with Gasteiger partial charge in [-0.3, -0.25) is 0 Å². The molecule has 0 bridgehead atoms. The highest BCUT2D eigenvalue weighted by atomic mass is 79.9. The van der Waals surface area contributed by atoms with Crippen molar-refractivity contribution >= 4 is 25.8 Å². The predicted octanol–water partition coefficient (Wildman–Crippen LogP) is 2.24. The summed E-state index contributed by atoms with van der Waals surface area (Å²) < 4.78 is 37.6. The fourth-order valence-electron chi connectivity index (χ4n) is 1.38. The highest BCUT2D eigenvalue weighted by Crippen LogP contribution is 2.17. The Hall–Kier alpha value is -0.460. The molecule has 6 heteroatoms. The molecule has 0 heterocycles.